The first-order chi connectivity index (χ1) is 11.3. The molecule has 0 aliphatic heterocycles. The largest absolute Gasteiger partial charge is 0.469 e. The van der Waals surface area contributed by atoms with E-state index in [1.165, 1.54) is 7.11 Å². The molecule has 0 aromatic heterocycles. The lowest BCUT2D eigenvalue weighted by Crippen LogP contribution is -2.25. The second-order valence-corrected chi connectivity index (χ2v) is 7.35. The van der Waals surface area contributed by atoms with E-state index in [9.17, 15) is 23.3 Å². The number of rotatable bonds is 6. The molecule has 0 N–H and O–H groups in total. The highest BCUT2D eigenvalue weighted by molar-refractivity contribution is 7.86. The summed E-state index contributed by atoms with van der Waals surface area (Å²) in [7, 11) is -2.60. The number of benzene rings is 1. The van der Waals surface area contributed by atoms with Gasteiger partial charge in [-0.1, -0.05) is 0 Å². The average Bonchev–Trinajstić information content (AvgIpc) is 2.60. The maximum absolute atomic E-state index is 12.1. The van der Waals surface area contributed by atoms with Crippen molar-refractivity contribution in [1.82, 2.24) is 0 Å². The van der Waals surface area contributed by atoms with Crippen LogP contribution in [0.3, 0.4) is 0 Å². The van der Waals surface area contributed by atoms with Crippen molar-refractivity contribution in [3.63, 3.8) is 0 Å². The maximum atomic E-state index is 12.1. The molecule has 0 saturated heterocycles. The van der Waals surface area contributed by atoms with E-state index in [-0.39, 0.29) is 35.0 Å². The molecule has 1 aromatic carbocycles. The Morgan fingerprint density at radius 1 is 1.21 bits per heavy atom. The molecule has 0 amide bonds. The van der Waals surface area contributed by atoms with E-state index in [1.807, 2.05) is 0 Å². The second-order valence-electron chi connectivity index (χ2n) is 5.73. The van der Waals surface area contributed by atoms with Crippen molar-refractivity contribution in [2.24, 2.45) is 11.8 Å². The predicted molar refractivity (Wildman–Crippen MR) is 83.7 cm³/mol. The Kier molecular flexibility index (Phi) is 5.89. The molecule has 1 aromatic rings. The molecular formula is C15H19NO7S. The molecule has 0 atom stereocenters. The molecule has 132 valence electrons. The minimum Gasteiger partial charge on any atom is -0.469 e. The standard InChI is InChI=1S/C15H19NO7S/c1-22-15(17)12-4-2-11(3-5-12)10-23-24(20,21)14-8-6-13(7-9-14)16(18)19/h6-9,11-12H,2-5,10H2,1H3/t11-,12-. The van der Waals surface area contributed by atoms with Crippen LogP contribution >= 0.6 is 0 Å². The Labute approximate surface area is 140 Å². The van der Waals surface area contributed by atoms with Gasteiger partial charge in [0.05, 0.1) is 29.5 Å². The first-order valence-electron chi connectivity index (χ1n) is 7.55. The van der Waals surface area contributed by atoms with Gasteiger partial charge in [0.15, 0.2) is 0 Å². The van der Waals surface area contributed by atoms with Gasteiger partial charge in [0, 0.05) is 12.1 Å². The maximum Gasteiger partial charge on any atom is 0.308 e. The van der Waals surface area contributed by atoms with Gasteiger partial charge in [-0.2, -0.15) is 8.42 Å². The van der Waals surface area contributed by atoms with Crippen molar-refractivity contribution in [2.45, 2.75) is 30.6 Å². The Morgan fingerprint density at radius 3 is 2.29 bits per heavy atom. The minimum atomic E-state index is -3.95. The van der Waals surface area contributed by atoms with Crippen LogP contribution in [-0.2, 0) is 23.8 Å². The third-order valence-electron chi connectivity index (χ3n) is 4.18. The van der Waals surface area contributed by atoms with Crippen molar-refractivity contribution < 1.29 is 27.1 Å². The highest BCUT2D eigenvalue weighted by atomic mass is 32.2. The Morgan fingerprint density at radius 2 is 1.79 bits per heavy atom. The third kappa shape index (κ3) is 4.51. The number of non-ortho nitro benzene ring substituents is 1. The van der Waals surface area contributed by atoms with Crippen LogP contribution in [0.4, 0.5) is 5.69 Å². The molecule has 9 heteroatoms. The Balaban J connectivity index is 1.89. The minimum absolute atomic E-state index is 0.0349. The highest BCUT2D eigenvalue weighted by Crippen LogP contribution is 2.30. The van der Waals surface area contributed by atoms with Crippen molar-refractivity contribution in [2.75, 3.05) is 13.7 Å². The van der Waals surface area contributed by atoms with Crippen LogP contribution in [0, 0.1) is 22.0 Å². The molecule has 1 aliphatic rings. The Bertz CT molecular complexity index is 691. The van der Waals surface area contributed by atoms with Crippen LogP contribution in [0.5, 0.6) is 0 Å². The number of esters is 1. The molecule has 0 unspecified atom stereocenters. The zero-order valence-electron chi connectivity index (χ0n) is 13.2. The van der Waals surface area contributed by atoms with Gasteiger partial charge in [0.25, 0.3) is 15.8 Å². The number of methoxy groups -OCH3 is 1. The molecule has 24 heavy (non-hydrogen) atoms. The Hall–Kier alpha value is -2.00. The van der Waals surface area contributed by atoms with E-state index in [2.05, 4.69) is 0 Å². The van der Waals surface area contributed by atoms with Gasteiger partial charge in [0.1, 0.15) is 0 Å². The number of carbonyl (C=O) groups excluding carboxylic acids is 1. The molecule has 0 heterocycles. The van der Waals surface area contributed by atoms with Crippen LogP contribution in [0.1, 0.15) is 25.7 Å². The first-order valence-corrected chi connectivity index (χ1v) is 8.96. The normalized spacial score (nSPS) is 21.2. The molecule has 1 aliphatic carbocycles. The van der Waals surface area contributed by atoms with Gasteiger partial charge in [-0.25, -0.2) is 0 Å². The smallest absolute Gasteiger partial charge is 0.308 e. The monoisotopic (exact) mass is 357 g/mol. The van der Waals surface area contributed by atoms with Crippen LogP contribution in [0.25, 0.3) is 0 Å². The number of hydrogen-bond acceptors (Lipinski definition) is 7. The first kappa shape index (κ1) is 18.3. The zero-order valence-corrected chi connectivity index (χ0v) is 14.0. The molecule has 0 spiro atoms. The van der Waals surface area contributed by atoms with Gasteiger partial charge in [-0.05, 0) is 43.7 Å². The van der Waals surface area contributed by atoms with Gasteiger partial charge in [0.2, 0.25) is 0 Å². The SMILES string of the molecule is COC(=O)[C@H]1CC[C@H](COS(=O)(=O)c2ccc([N+](=O)[O-])cc2)CC1. The van der Waals surface area contributed by atoms with Crippen molar-refractivity contribution in [3.05, 3.63) is 34.4 Å². The van der Waals surface area contributed by atoms with E-state index >= 15 is 0 Å². The number of hydrogen-bond donors (Lipinski definition) is 0. The highest BCUT2D eigenvalue weighted by Gasteiger charge is 2.28. The molecule has 0 bridgehead atoms. The number of nitro groups is 1. The average molecular weight is 357 g/mol. The molecule has 2 rings (SSSR count). The van der Waals surface area contributed by atoms with Crippen molar-refractivity contribution >= 4 is 21.8 Å². The number of ether oxygens (including phenoxy) is 1. The summed E-state index contributed by atoms with van der Waals surface area (Å²) in [5.74, 6) is -0.302. The molecule has 1 fully saturated rings. The number of nitrogens with zero attached hydrogens (tertiary/aromatic N) is 1. The molecule has 0 radical (unpaired) electrons. The topological polar surface area (TPSA) is 113 Å². The van der Waals surface area contributed by atoms with Gasteiger partial charge in [-0.3, -0.25) is 19.1 Å². The van der Waals surface area contributed by atoms with Gasteiger partial charge >= 0.3 is 5.97 Å². The van der Waals surface area contributed by atoms with Crippen LogP contribution < -0.4 is 0 Å². The summed E-state index contributed by atoms with van der Waals surface area (Å²) >= 11 is 0. The van der Waals surface area contributed by atoms with Crippen LogP contribution in [0.2, 0.25) is 0 Å². The molecule has 1 saturated carbocycles. The van der Waals surface area contributed by atoms with Crippen molar-refractivity contribution in [1.29, 1.82) is 0 Å². The van der Waals surface area contributed by atoms with Gasteiger partial charge < -0.3 is 4.74 Å². The summed E-state index contributed by atoms with van der Waals surface area (Å²) in [5, 5.41) is 10.6. The summed E-state index contributed by atoms with van der Waals surface area (Å²) in [5.41, 5.74) is -0.185. The lowest BCUT2D eigenvalue weighted by Gasteiger charge is -2.26. The third-order valence-corrected chi connectivity index (χ3v) is 5.47. The van der Waals surface area contributed by atoms with E-state index in [0.717, 1.165) is 24.3 Å². The zero-order chi connectivity index (χ0) is 17.7. The van der Waals surface area contributed by atoms with E-state index < -0.39 is 15.0 Å². The number of nitro benzene ring substituents is 1. The van der Waals surface area contributed by atoms with Gasteiger partial charge in [-0.15, -0.1) is 0 Å². The number of carbonyl (C=O) groups is 1. The second kappa shape index (κ2) is 7.71. The van der Waals surface area contributed by atoms with Crippen molar-refractivity contribution in [3.8, 4) is 0 Å². The summed E-state index contributed by atoms with van der Waals surface area (Å²) in [4.78, 5) is 21.3. The summed E-state index contributed by atoms with van der Waals surface area (Å²) in [6, 6.07) is 4.55. The van der Waals surface area contributed by atoms with E-state index in [1.54, 1.807) is 0 Å². The van der Waals surface area contributed by atoms with Crippen LogP contribution in [-0.4, -0.2) is 33.0 Å². The van der Waals surface area contributed by atoms with E-state index in [0.29, 0.717) is 25.7 Å². The quantitative estimate of drug-likeness (QED) is 0.332. The lowest BCUT2D eigenvalue weighted by atomic mass is 9.82. The van der Waals surface area contributed by atoms with Crippen LogP contribution in [0.15, 0.2) is 29.2 Å². The fourth-order valence-electron chi connectivity index (χ4n) is 2.72. The molecule has 8 nitrogen and oxygen atoms in total. The fourth-order valence-corrected chi connectivity index (χ4v) is 3.70. The predicted octanol–water partition coefficient (Wildman–Crippen LogP) is 2.28. The van der Waals surface area contributed by atoms with E-state index in [4.69, 9.17) is 8.92 Å². The lowest BCUT2D eigenvalue weighted by molar-refractivity contribution is -0.384. The summed E-state index contributed by atoms with van der Waals surface area (Å²) < 4.78 is 34.0. The summed E-state index contributed by atoms with van der Waals surface area (Å²) in [6.45, 7) is 0.0349. The fraction of sp³-hybridized carbons (Fsp3) is 0.533. The molecular weight excluding hydrogens is 338 g/mol. The summed E-state index contributed by atoms with van der Waals surface area (Å²) in [6.07, 6.45) is 2.68.